The zero-order valence-corrected chi connectivity index (χ0v) is 16.8. The summed E-state index contributed by atoms with van der Waals surface area (Å²) in [4.78, 5) is 2.15. The molecule has 0 fully saturated rings. The van der Waals surface area contributed by atoms with Gasteiger partial charge in [-0.25, -0.2) is 0 Å². The van der Waals surface area contributed by atoms with Crippen LogP contribution in [0.2, 0.25) is 0 Å². The molecule has 2 aromatic carbocycles. The molecule has 0 unspecified atom stereocenters. The Morgan fingerprint density at radius 3 is 2.27 bits per heavy atom. The molecular weight excluding hydrogens is 392 g/mol. The zero-order chi connectivity index (χ0) is 18.7. The van der Waals surface area contributed by atoms with E-state index in [1.807, 2.05) is 57.7 Å². The van der Waals surface area contributed by atoms with Crippen molar-refractivity contribution in [2.24, 2.45) is 0 Å². The van der Waals surface area contributed by atoms with E-state index in [0.717, 1.165) is 40.6 Å². The first-order valence-electron chi connectivity index (χ1n) is 8.78. The molecule has 0 saturated heterocycles. The van der Waals surface area contributed by atoms with Gasteiger partial charge in [-0.1, -0.05) is 40.2 Å². The van der Waals surface area contributed by atoms with Gasteiger partial charge in [0.1, 0.15) is 0 Å². The number of imidazole rings is 1. The molecule has 1 aromatic heterocycles. The van der Waals surface area contributed by atoms with Crippen LogP contribution < -0.4 is 5.62 Å². The summed E-state index contributed by atoms with van der Waals surface area (Å²) in [6, 6.07) is 15.7. The number of aliphatic hydroxyl groups excluding tert-OH is 1. The van der Waals surface area contributed by atoms with E-state index in [1.54, 1.807) is 0 Å². The minimum Gasteiger partial charge on any atom is -0.387 e. The van der Waals surface area contributed by atoms with Crippen LogP contribution in [0, 0.1) is 5.41 Å². The van der Waals surface area contributed by atoms with Crippen molar-refractivity contribution in [3.05, 3.63) is 64.2 Å². The van der Waals surface area contributed by atoms with Crippen molar-refractivity contribution in [1.29, 1.82) is 5.41 Å². The van der Waals surface area contributed by atoms with Crippen molar-refractivity contribution in [2.75, 3.05) is 20.6 Å². The van der Waals surface area contributed by atoms with Gasteiger partial charge in [0.2, 0.25) is 5.62 Å². The number of hydrogen-bond acceptors (Lipinski definition) is 3. The van der Waals surface area contributed by atoms with E-state index in [9.17, 15) is 5.11 Å². The maximum atomic E-state index is 10.7. The van der Waals surface area contributed by atoms with Crippen LogP contribution in [0.1, 0.15) is 18.1 Å². The molecule has 0 bridgehead atoms. The number of nitrogens with one attached hydrogen (secondary N) is 1. The van der Waals surface area contributed by atoms with Gasteiger partial charge in [-0.15, -0.1) is 0 Å². The standard InChI is InChI=1S/C20H25BrN4O/c1-23(2)12-5-13-24-17-6-3-4-7-18(17)25(20(24)22)14-19(26)15-8-10-16(21)11-9-15/h3-4,6-11,19,22,26H,5,12-14H2,1-2H3/t19-/m1/s1. The van der Waals surface area contributed by atoms with E-state index in [2.05, 4.69) is 34.9 Å². The first kappa shape index (κ1) is 18.9. The van der Waals surface area contributed by atoms with E-state index in [1.165, 1.54) is 0 Å². The molecule has 0 saturated carbocycles. The van der Waals surface area contributed by atoms with Gasteiger partial charge < -0.3 is 19.1 Å². The number of nitrogens with zero attached hydrogens (tertiary/aromatic N) is 3. The van der Waals surface area contributed by atoms with Gasteiger partial charge in [0, 0.05) is 11.0 Å². The largest absolute Gasteiger partial charge is 0.387 e. The zero-order valence-electron chi connectivity index (χ0n) is 15.2. The molecule has 0 aliphatic heterocycles. The number of hydrogen-bond donors (Lipinski definition) is 2. The van der Waals surface area contributed by atoms with Crippen LogP contribution in [0.15, 0.2) is 53.0 Å². The van der Waals surface area contributed by atoms with Crippen molar-refractivity contribution in [3.63, 3.8) is 0 Å². The van der Waals surface area contributed by atoms with E-state index in [4.69, 9.17) is 5.41 Å². The van der Waals surface area contributed by atoms with Crippen LogP contribution in [0.3, 0.4) is 0 Å². The van der Waals surface area contributed by atoms with Gasteiger partial charge in [-0.3, -0.25) is 5.41 Å². The molecule has 0 aliphatic rings. The van der Waals surface area contributed by atoms with Crippen LogP contribution in [-0.4, -0.2) is 39.8 Å². The van der Waals surface area contributed by atoms with Gasteiger partial charge in [0.25, 0.3) is 0 Å². The van der Waals surface area contributed by atoms with Crippen LogP contribution in [0.4, 0.5) is 0 Å². The molecule has 3 aromatic rings. The minimum absolute atomic E-state index is 0.363. The predicted molar refractivity (Wildman–Crippen MR) is 108 cm³/mol. The number of halogens is 1. The third kappa shape index (κ3) is 4.09. The highest BCUT2D eigenvalue weighted by Crippen LogP contribution is 2.20. The third-order valence-electron chi connectivity index (χ3n) is 4.57. The molecular formula is C20H25BrN4O. The van der Waals surface area contributed by atoms with Gasteiger partial charge in [-0.05, 0) is 56.9 Å². The summed E-state index contributed by atoms with van der Waals surface area (Å²) in [5.74, 6) is 0. The Balaban J connectivity index is 1.91. The Kier molecular flexibility index (Phi) is 5.96. The van der Waals surface area contributed by atoms with Crippen molar-refractivity contribution in [1.82, 2.24) is 14.0 Å². The van der Waals surface area contributed by atoms with Crippen LogP contribution >= 0.6 is 15.9 Å². The summed E-state index contributed by atoms with van der Waals surface area (Å²) >= 11 is 3.42. The summed E-state index contributed by atoms with van der Waals surface area (Å²) in [6.45, 7) is 2.13. The van der Waals surface area contributed by atoms with Gasteiger partial charge >= 0.3 is 0 Å². The lowest BCUT2D eigenvalue weighted by atomic mass is 10.1. The highest BCUT2D eigenvalue weighted by atomic mass is 79.9. The summed E-state index contributed by atoms with van der Waals surface area (Å²) in [5, 5.41) is 19.3. The smallest absolute Gasteiger partial charge is 0.203 e. The fraction of sp³-hybridized carbons (Fsp3) is 0.350. The number of benzene rings is 2. The second-order valence-electron chi connectivity index (χ2n) is 6.80. The molecule has 26 heavy (non-hydrogen) atoms. The molecule has 0 radical (unpaired) electrons. The third-order valence-corrected chi connectivity index (χ3v) is 5.10. The molecule has 6 heteroatoms. The fourth-order valence-electron chi connectivity index (χ4n) is 3.21. The van der Waals surface area contributed by atoms with Crippen molar-refractivity contribution in [2.45, 2.75) is 25.6 Å². The summed E-state index contributed by atoms with van der Waals surface area (Å²) in [5.41, 5.74) is 3.31. The number of aryl methyl sites for hydroxylation is 1. The van der Waals surface area contributed by atoms with Crippen molar-refractivity contribution >= 4 is 27.0 Å². The first-order valence-corrected chi connectivity index (χ1v) is 9.57. The lowest BCUT2D eigenvalue weighted by molar-refractivity contribution is 0.155. The average Bonchev–Trinajstić information content (AvgIpc) is 2.88. The second kappa shape index (κ2) is 8.20. The number of aliphatic hydroxyl groups is 1. The Labute approximate surface area is 162 Å². The molecule has 1 atom stereocenters. The Morgan fingerprint density at radius 2 is 1.65 bits per heavy atom. The summed E-state index contributed by atoms with van der Waals surface area (Å²) < 4.78 is 4.92. The number of para-hydroxylation sites is 2. The quantitative estimate of drug-likeness (QED) is 0.620. The van der Waals surface area contributed by atoms with E-state index < -0.39 is 6.10 Å². The Bertz CT molecular complexity index is 927. The molecule has 0 spiro atoms. The van der Waals surface area contributed by atoms with Crippen molar-refractivity contribution in [3.8, 4) is 0 Å². The topological polar surface area (TPSA) is 57.2 Å². The van der Waals surface area contributed by atoms with Gasteiger partial charge in [-0.2, -0.15) is 0 Å². The molecule has 2 N–H and O–H groups in total. The van der Waals surface area contributed by atoms with Crippen LogP contribution in [-0.2, 0) is 13.1 Å². The first-order chi connectivity index (χ1) is 12.5. The highest BCUT2D eigenvalue weighted by molar-refractivity contribution is 9.10. The number of rotatable bonds is 7. The monoisotopic (exact) mass is 416 g/mol. The summed E-state index contributed by atoms with van der Waals surface area (Å²) in [6.07, 6.45) is 0.325. The second-order valence-corrected chi connectivity index (χ2v) is 7.71. The Morgan fingerprint density at radius 1 is 1.04 bits per heavy atom. The van der Waals surface area contributed by atoms with E-state index in [-0.39, 0.29) is 0 Å². The van der Waals surface area contributed by atoms with Crippen molar-refractivity contribution < 1.29 is 5.11 Å². The Hall–Kier alpha value is -1.89. The maximum absolute atomic E-state index is 10.7. The van der Waals surface area contributed by atoms with Gasteiger partial charge in [0.05, 0.1) is 23.7 Å². The van der Waals surface area contributed by atoms with E-state index in [0.29, 0.717) is 12.2 Å². The number of aromatic nitrogens is 2. The minimum atomic E-state index is -0.654. The average molecular weight is 417 g/mol. The molecule has 5 nitrogen and oxygen atoms in total. The molecule has 3 rings (SSSR count). The summed E-state index contributed by atoms with van der Waals surface area (Å²) in [7, 11) is 4.12. The van der Waals surface area contributed by atoms with Crippen LogP contribution in [0.5, 0.6) is 0 Å². The molecule has 1 heterocycles. The lowest BCUT2D eigenvalue weighted by Crippen LogP contribution is -2.27. The molecule has 0 amide bonds. The van der Waals surface area contributed by atoms with E-state index >= 15 is 0 Å². The number of fused-ring (bicyclic) bond motifs is 1. The fourth-order valence-corrected chi connectivity index (χ4v) is 3.48. The maximum Gasteiger partial charge on any atom is 0.203 e. The molecule has 138 valence electrons. The lowest BCUT2D eigenvalue weighted by Gasteiger charge is -2.13. The van der Waals surface area contributed by atoms with Gasteiger partial charge in [0.15, 0.2) is 0 Å². The SMILES string of the molecule is CN(C)CCCn1c(=N)n(C[C@@H](O)c2ccc(Br)cc2)c2ccccc21. The molecule has 0 aliphatic carbocycles. The normalized spacial score (nSPS) is 12.8. The van der Waals surface area contributed by atoms with Crippen LogP contribution in [0.25, 0.3) is 11.0 Å². The highest BCUT2D eigenvalue weighted by Gasteiger charge is 2.15. The predicted octanol–water partition coefficient (Wildman–Crippen LogP) is 3.37.